The van der Waals surface area contributed by atoms with Gasteiger partial charge in [-0.1, -0.05) is 0 Å². The highest BCUT2D eigenvalue weighted by Crippen LogP contribution is 2.42. The van der Waals surface area contributed by atoms with E-state index in [4.69, 9.17) is 11.5 Å². The zero-order valence-corrected chi connectivity index (χ0v) is 17.5. The van der Waals surface area contributed by atoms with E-state index in [-0.39, 0.29) is 11.7 Å². The van der Waals surface area contributed by atoms with Crippen molar-refractivity contribution >= 4 is 33.8 Å². The van der Waals surface area contributed by atoms with Crippen LogP contribution in [-0.4, -0.2) is 41.9 Å². The van der Waals surface area contributed by atoms with Crippen LogP contribution in [0.25, 0.3) is 5.70 Å². The molecule has 1 atom stereocenters. The number of hydrogen-bond acceptors (Lipinski definition) is 9. The lowest BCUT2D eigenvalue weighted by atomic mass is 9.82. The molecule has 5 N–H and O–H groups in total. The number of allylic oxidation sites excluding steroid dienone is 1. The van der Waals surface area contributed by atoms with Crippen LogP contribution in [0.3, 0.4) is 0 Å². The molecule has 2 aromatic rings. The predicted octanol–water partition coefficient (Wildman–Crippen LogP) is 1.78. The van der Waals surface area contributed by atoms with E-state index in [1.807, 2.05) is 0 Å². The number of nitriles is 1. The lowest BCUT2D eigenvalue weighted by Crippen LogP contribution is -2.29. The number of fused-ring (bicyclic) bond motifs is 1. The quantitative estimate of drug-likeness (QED) is 0.634. The monoisotopic (exact) mass is 423 g/mol. The number of thiophene rings is 1. The van der Waals surface area contributed by atoms with Gasteiger partial charge in [0.05, 0.1) is 17.0 Å². The van der Waals surface area contributed by atoms with Crippen LogP contribution < -0.4 is 21.7 Å². The van der Waals surface area contributed by atoms with Crippen LogP contribution in [0.15, 0.2) is 18.3 Å². The number of carbonyl (C=O) groups excluding carboxylic acids is 1. The summed E-state index contributed by atoms with van der Waals surface area (Å²) in [6, 6.07) is 3.89. The molecule has 1 saturated heterocycles. The van der Waals surface area contributed by atoms with Gasteiger partial charge in [0.2, 0.25) is 5.95 Å². The fraction of sp³-hybridized carbons (Fsp3) is 0.429. The van der Waals surface area contributed by atoms with E-state index >= 15 is 0 Å². The van der Waals surface area contributed by atoms with Crippen LogP contribution in [0.4, 0.5) is 10.9 Å². The molecule has 0 spiro atoms. The van der Waals surface area contributed by atoms with E-state index in [2.05, 4.69) is 26.3 Å². The lowest BCUT2D eigenvalue weighted by Gasteiger charge is -2.21. The third kappa shape index (κ3) is 4.01. The molecule has 4 rings (SSSR count). The van der Waals surface area contributed by atoms with Crippen LogP contribution in [0.5, 0.6) is 0 Å². The molecule has 0 unspecified atom stereocenters. The first-order chi connectivity index (χ1) is 14.6. The van der Waals surface area contributed by atoms with E-state index in [0.29, 0.717) is 34.3 Å². The Morgan fingerprint density at radius 1 is 1.37 bits per heavy atom. The first-order valence-corrected chi connectivity index (χ1v) is 11.0. The normalized spacial score (nSPS) is 19.6. The van der Waals surface area contributed by atoms with Gasteiger partial charge < -0.3 is 21.7 Å². The zero-order valence-electron chi connectivity index (χ0n) is 16.7. The van der Waals surface area contributed by atoms with Crippen molar-refractivity contribution in [1.82, 2.24) is 15.3 Å². The minimum Gasteiger partial charge on any atom is -0.397 e. The molecule has 8 nitrogen and oxygen atoms in total. The number of aromatic nitrogens is 2. The molecule has 156 valence electrons. The number of nitrogen functional groups attached to an aromatic ring is 1. The molecular weight excluding hydrogens is 398 g/mol. The van der Waals surface area contributed by atoms with Crippen LogP contribution >= 0.6 is 11.3 Å². The van der Waals surface area contributed by atoms with Crippen molar-refractivity contribution in [2.75, 3.05) is 36.8 Å². The van der Waals surface area contributed by atoms with Gasteiger partial charge in [-0.3, -0.25) is 4.79 Å². The maximum Gasteiger partial charge on any atom is 0.225 e. The number of nitrogens with zero attached hydrogens (tertiary/aromatic N) is 4. The Hall–Kier alpha value is -2.96. The molecule has 0 saturated carbocycles. The highest BCUT2D eigenvalue weighted by Gasteiger charge is 2.31. The van der Waals surface area contributed by atoms with Crippen molar-refractivity contribution in [3.05, 3.63) is 40.0 Å². The van der Waals surface area contributed by atoms with E-state index in [1.165, 1.54) is 17.4 Å². The van der Waals surface area contributed by atoms with Gasteiger partial charge in [-0.05, 0) is 43.9 Å². The summed E-state index contributed by atoms with van der Waals surface area (Å²) < 4.78 is 0. The molecule has 2 aliphatic rings. The summed E-state index contributed by atoms with van der Waals surface area (Å²) in [6.07, 6.45) is 6.58. The summed E-state index contributed by atoms with van der Waals surface area (Å²) >= 11 is 1.42. The van der Waals surface area contributed by atoms with Gasteiger partial charge >= 0.3 is 0 Å². The predicted molar refractivity (Wildman–Crippen MR) is 118 cm³/mol. The molecule has 0 aromatic carbocycles. The first kappa shape index (κ1) is 20.3. The fourth-order valence-corrected chi connectivity index (χ4v) is 5.23. The average molecular weight is 424 g/mol. The van der Waals surface area contributed by atoms with Crippen molar-refractivity contribution in [3.63, 3.8) is 0 Å². The van der Waals surface area contributed by atoms with Crippen LogP contribution in [0, 0.1) is 11.3 Å². The van der Waals surface area contributed by atoms with Gasteiger partial charge in [-0.2, -0.15) is 5.26 Å². The fourth-order valence-electron chi connectivity index (χ4n) is 4.11. The SMILES string of the molecule is N#Cc1c(N)sc2c1[C@@H](C(=O)/C=C(\N)c1ccnc(N3CCCNCC3)n1)CCC2. The first-order valence-electron chi connectivity index (χ1n) is 10.2. The second-order valence-electron chi connectivity index (χ2n) is 7.57. The molecule has 9 heteroatoms. The van der Waals surface area contributed by atoms with Gasteiger partial charge in [-0.25, -0.2) is 9.97 Å². The summed E-state index contributed by atoms with van der Waals surface area (Å²) in [5.41, 5.74) is 14.3. The number of anilines is 2. The molecule has 0 radical (unpaired) electrons. The number of rotatable bonds is 4. The van der Waals surface area contributed by atoms with Gasteiger partial charge in [0.25, 0.3) is 0 Å². The van der Waals surface area contributed by atoms with Crippen molar-refractivity contribution in [2.24, 2.45) is 5.73 Å². The second-order valence-corrected chi connectivity index (χ2v) is 8.71. The molecule has 3 heterocycles. The molecule has 1 aliphatic heterocycles. The van der Waals surface area contributed by atoms with Crippen molar-refractivity contribution in [2.45, 2.75) is 31.6 Å². The molecule has 1 fully saturated rings. The molecule has 0 bridgehead atoms. The average Bonchev–Trinajstić information content (AvgIpc) is 2.92. The Labute approximate surface area is 179 Å². The minimum atomic E-state index is -0.381. The molecule has 0 amide bonds. The number of aryl methyl sites for hydroxylation is 1. The van der Waals surface area contributed by atoms with Crippen LogP contribution in [0.1, 0.15) is 46.9 Å². The molecule has 1 aliphatic carbocycles. The highest BCUT2D eigenvalue weighted by molar-refractivity contribution is 7.16. The maximum absolute atomic E-state index is 13.1. The van der Waals surface area contributed by atoms with Crippen molar-refractivity contribution in [1.29, 1.82) is 5.26 Å². The minimum absolute atomic E-state index is 0.109. The Balaban J connectivity index is 1.58. The van der Waals surface area contributed by atoms with Gasteiger partial charge in [-0.15, -0.1) is 11.3 Å². The van der Waals surface area contributed by atoms with E-state index < -0.39 is 0 Å². The summed E-state index contributed by atoms with van der Waals surface area (Å²) in [4.78, 5) is 25.2. The van der Waals surface area contributed by atoms with Gasteiger partial charge in [0.15, 0.2) is 5.78 Å². The Morgan fingerprint density at radius 3 is 3.07 bits per heavy atom. The Morgan fingerprint density at radius 2 is 2.23 bits per heavy atom. The molecule has 2 aromatic heterocycles. The summed E-state index contributed by atoms with van der Waals surface area (Å²) in [6.45, 7) is 3.56. The number of carbonyl (C=O) groups is 1. The summed E-state index contributed by atoms with van der Waals surface area (Å²) in [7, 11) is 0. The number of ketones is 1. The summed E-state index contributed by atoms with van der Waals surface area (Å²) in [5.74, 6) is 0.132. The van der Waals surface area contributed by atoms with E-state index in [0.717, 1.165) is 55.9 Å². The third-order valence-electron chi connectivity index (χ3n) is 5.61. The van der Waals surface area contributed by atoms with Gasteiger partial charge in [0.1, 0.15) is 11.1 Å². The smallest absolute Gasteiger partial charge is 0.225 e. The molecule has 30 heavy (non-hydrogen) atoms. The topological polar surface area (TPSA) is 134 Å². The van der Waals surface area contributed by atoms with Crippen LogP contribution in [-0.2, 0) is 11.2 Å². The lowest BCUT2D eigenvalue weighted by molar-refractivity contribution is -0.116. The number of nitrogens with two attached hydrogens (primary N) is 2. The molecular formula is C21H25N7OS. The van der Waals surface area contributed by atoms with Gasteiger partial charge in [0, 0.05) is 42.7 Å². The van der Waals surface area contributed by atoms with Crippen molar-refractivity contribution in [3.8, 4) is 6.07 Å². The zero-order chi connectivity index (χ0) is 21.1. The largest absolute Gasteiger partial charge is 0.397 e. The highest BCUT2D eigenvalue weighted by atomic mass is 32.1. The number of nitrogens with one attached hydrogen (secondary N) is 1. The second kappa shape index (κ2) is 8.81. The van der Waals surface area contributed by atoms with E-state index in [9.17, 15) is 10.1 Å². The van der Waals surface area contributed by atoms with Crippen LogP contribution in [0.2, 0.25) is 0 Å². The Kier molecular flexibility index (Phi) is 5.97. The Bertz CT molecular complexity index is 1010. The summed E-state index contributed by atoms with van der Waals surface area (Å²) in [5, 5.41) is 13.3. The van der Waals surface area contributed by atoms with E-state index in [1.54, 1.807) is 12.3 Å². The standard InChI is InChI=1S/C21H25N7OS/c22-12-14-19-13(3-1-4-18(19)30-20(14)24)17(29)11-15(23)16-5-7-26-21(27-16)28-9-2-6-25-8-10-28/h5,7,11,13,25H,1-4,6,8-10,23-24H2/b15-11-/t13-/m1/s1. The van der Waals surface area contributed by atoms with Crippen molar-refractivity contribution < 1.29 is 4.79 Å². The maximum atomic E-state index is 13.1. The number of hydrogen-bond donors (Lipinski definition) is 3. The third-order valence-corrected chi connectivity index (χ3v) is 6.70.